The molecule has 0 unspecified atom stereocenters. The molecule has 2 aromatic heterocycles. The topological polar surface area (TPSA) is 43.6 Å². The van der Waals surface area contributed by atoms with Crippen LogP contribution in [0.4, 0.5) is 0 Å². The van der Waals surface area contributed by atoms with Gasteiger partial charge in [0, 0.05) is 29.4 Å². The molecule has 146 valence electrons. The van der Waals surface area contributed by atoms with Gasteiger partial charge in [-0.05, 0) is 53.9 Å². The molecular weight excluding hydrogens is 423 g/mol. The molecule has 0 aliphatic heterocycles. The lowest BCUT2D eigenvalue weighted by Gasteiger charge is -2.11. The Morgan fingerprint density at radius 2 is 1.59 bits per heavy atom. The van der Waals surface area contributed by atoms with E-state index in [1.54, 1.807) is 24.2 Å². The molecule has 7 heteroatoms. The number of aromatic nitrogens is 4. The van der Waals surface area contributed by atoms with E-state index in [1.807, 2.05) is 30.3 Å². The standard InChI is InChI=1S/C22H18Cl2N4S/c1-2-15-3-6-18(7-4-15)28-21(17-9-11-25-12-10-17)26-27-22(28)29-14-16-5-8-19(23)20(24)13-16/h3-13H,2,14H2,1H3. The van der Waals surface area contributed by atoms with Gasteiger partial charge in [0.2, 0.25) is 0 Å². The summed E-state index contributed by atoms with van der Waals surface area (Å²) in [6.45, 7) is 2.15. The third-order valence-electron chi connectivity index (χ3n) is 4.53. The van der Waals surface area contributed by atoms with Gasteiger partial charge in [0.15, 0.2) is 11.0 Å². The van der Waals surface area contributed by atoms with Crippen molar-refractivity contribution in [1.82, 2.24) is 19.7 Å². The SMILES string of the molecule is CCc1ccc(-n2c(SCc3ccc(Cl)c(Cl)c3)nnc2-c2ccncc2)cc1. The fourth-order valence-electron chi connectivity index (χ4n) is 2.94. The van der Waals surface area contributed by atoms with Gasteiger partial charge in [-0.2, -0.15) is 0 Å². The van der Waals surface area contributed by atoms with Crippen molar-refractivity contribution in [2.45, 2.75) is 24.3 Å². The van der Waals surface area contributed by atoms with Crippen molar-refractivity contribution in [3.05, 3.63) is 88.2 Å². The van der Waals surface area contributed by atoms with Crippen molar-refractivity contribution in [2.24, 2.45) is 0 Å². The molecule has 2 aromatic carbocycles. The minimum atomic E-state index is 0.555. The first-order valence-electron chi connectivity index (χ1n) is 9.17. The summed E-state index contributed by atoms with van der Waals surface area (Å²) in [6.07, 6.45) is 4.52. The van der Waals surface area contributed by atoms with Crippen molar-refractivity contribution in [2.75, 3.05) is 0 Å². The van der Waals surface area contributed by atoms with Crippen LogP contribution in [0.2, 0.25) is 10.0 Å². The number of aryl methyl sites for hydroxylation is 1. The highest BCUT2D eigenvalue weighted by molar-refractivity contribution is 7.98. The number of pyridine rings is 1. The second-order valence-corrected chi connectivity index (χ2v) is 8.19. The normalized spacial score (nSPS) is 11.0. The fourth-order valence-corrected chi connectivity index (χ4v) is 4.16. The highest BCUT2D eigenvalue weighted by Gasteiger charge is 2.16. The van der Waals surface area contributed by atoms with E-state index in [0.717, 1.165) is 34.2 Å². The first-order chi connectivity index (χ1) is 14.2. The number of benzene rings is 2. The lowest BCUT2D eigenvalue weighted by atomic mass is 10.1. The summed E-state index contributed by atoms with van der Waals surface area (Å²) in [5.74, 6) is 1.49. The number of rotatable bonds is 6. The lowest BCUT2D eigenvalue weighted by molar-refractivity contribution is 0.885. The van der Waals surface area contributed by atoms with E-state index in [4.69, 9.17) is 23.2 Å². The van der Waals surface area contributed by atoms with Gasteiger partial charge >= 0.3 is 0 Å². The van der Waals surface area contributed by atoms with Crippen LogP contribution in [0.5, 0.6) is 0 Å². The van der Waals surface area contributed by atoms with Crippen molar-refractivity contribution >= 4 is 35.0 Å². The van der Waals surface area contributed by atoms with Gasteiger partial charge < -0.3 is 0 Å². The average Bonchev–Trinajstić information content (AvgIpc) is 3.19. The Labute approximate surface area is 183 Å². The summed E-state index contributed by atoms with van der Waals surface area (Å²) in [5.41, 5.74) is 4.35. The summed E-state index contributed by atoms with van der Waals surface area (Å²) in [7, 11) is 0. The zero-order valence-electron chi connectivity index (χ0n) is 15.7. The Bertz CT molecular complexity index is 1110. The van der Waals surface area contributed by atoms with Gasteiger partial charge in [-0.3, -0.25) is 9.55 Å². The van der Waals surface area contributed by atoms with Crippen LogP contribution in [-0.4, -0.2) is 19.7 Å². The summed E-state index contributed by atoms with van der Waals surface area (Å²) < 4.78 is 2.08. The minimum Gasteiger partial charge on any atom is -0.270 e. The Kier molecular flexibility index (Phi) is 6.19. The van der Waals surface area contributed by atoms with Gasteiger partial charge in [-0.25, -0.2) is 0 Å². The summed E-state index contributed by atoms with van der Waals surface area (Å²) >= 11 is 13.8. The highest BCUT2D eigenvalue weighted by Crippen LogP contribution is 2.31. The Balaban J connectivity index is 1.71. The Morgan fingerprint density at radius 3 is 2.28 bits per heavy atom. The fraction of sp³-hybridized carbons (Fsp3) is 0.136. The third kappa shape index (κ3) is 4.47. The van der Waals surface area contributed by atoms with E-state index < -0.39 is 0 Å². The summed E-state index contributed by atoms with van der Waals surface area (Å²) in [5, 5.41) is 10.9. The van der Waals surface area contributed by atoms with Crippen LogP contribution in [0.15, 0.2) is 72.1 Å². The zero-order valence-corrected chi connectivity index (χ0v) is 18.0. The summed E-state index contributed by atoms with van der Waals surface area (Å²) in [6, 6.07) is 18.0. The first kappa shape index (κ1) is 20.0. The molecule has 0 spiro atoms. The third-order valence-corrected chi connectivity index (χ3v) is 6.27. The van der Waals surface area contributed by atoms with Crippen molar-refractivity contribution < 1.29 is 0 Å². The minimum absolute atomic E-state index is 0.555. The number of hydrogen-bond acceptors (Lipinski definition) is 4. The number of nitrogens with zero attached hydrogens (tertiary/aromatic N) is 4. The van der Waals surface area contributed by atoms with Gasteiger partial charge in [0.25, 0.3) is 0 Å². The molecule has 0 saturated carbocycles. The summed E-state index contributed by atoms with van der Waals surface area (Å²) in [4.78, 5) is 4.11. The molecule has 0 aliphatic rings. The molecule has 4 aromatic rings. The molecule has 4 nitrogen and oxygen atoms in total. The quantitative estimate of drug-likeness (QED) is 0.321. The molecule has 4 rings (SSSR count). The molecule has 29 heavy (non-hydrogen) atoms. The molecule has 0 fully saturated rings. The van der Waals surface area contributed by atoms with Gasteiger partial charge in [-0.15, -0.1) is 10.2 Å². The first-order valence-corrected chi connectivity index (χ1v) is 10.9. The Hall–Kier alpha value is -2.34. The molecule has 0 radical (unpaired) electrons. The number of hydrogen-bond donors (Lipinski definition) is 0. The lowest BCUT2D eigenvalue weighted by Crippen LogP contribution is -2.00. The van der Waals surface area contributed by atoms with Crippen LogP contribution in [0, 0.1) is 0 Å². The second kappa shape index (κ2) is 8.99. The number of halogens is 2. The van der Waals surface area contributed by atoms with Crippen molar-refractivity contribution in [3.63, 3.8) is 0 Å². The van der Waals surface area contributed by atoms with Crippen molar-refractivity contribution in [1.29, 1.82) is 0 Å². The predicted octanol–water partition coefficient (Wildman–Crippen LogP) is 6.49. The average molecular weight is 441 g/mol. The van der Waals surface area contributed by atoms with E-state index in [9.17, 15) is 0 Å². The van der Waals surface area contributed by atoms with E-state index in [1.165, 1.54) is 5.56 Å². The monoisotopic (exact) mass is 440 g/mol. The maximum Gasteiger partial charge on any atom is 0.196 e. The molecule has 0 amide bonds. The van der Waals surface area contributed by atoms with Gasteiger partial charge in [0.05, 0.1) is 10.0 Å². The largest absolute Gasteiger partial charge is 0.270 e. The van der Waals surface area contributed by atoms with E-state index >= 15 is 0 Å². The van der Waals surface area contributed by atoms with Crippen LogP contribution in [-0.2, 0) is 12.2 Å². The van der Waals surface area contributed by atoms with Crippen LogP contribution in [0.3, 0.4) is 0 Å². The van der Waals surface area contributed by atoms with E-state index in [2.05, 4.69) is 50.9 Å². The molecule has 2 heterocycles. The molecule has 0 atom stereocenters. The predicted molar refractivity (Wildman–Crippen MR) is 120 cm³/mol. The molecule has 0 aliphatic carbocycles. The maximum atomic E-state index is 6.16. The highest BCUT2D eigenvalue weighted by atomic mass is 35.5. The van der Waals surface area contributed by atoms with Crippen LogP contribution in [0.25, 0.3) is 17.1 Å². The van der Waals surface area contributed by atoms with E-state index in [0.29, 0.717) is 15.8 Å². The van der Waals surface area contributed by atoms with Crippen LogP contribution in [0.1, 0.15) is 18.1 Å². The molecule has 0 bridgehead atoms. The van der Waals surface area contributed by atoms with E-state index in [-0.39, 0.29) is 0 Å². The van der Waals surface area contributed by atoms with Crippen LogP contribution >= 0.6 is 35.0 Å². The number of thioether (sulfide) groups is 1. The molecule has 0 N–H and O–H groups in total. The second-order valence-electron chi connectivity index (χ2n) is 6.43. The smallest absolute Gasteiger partial charge is 0.196 e. The molecule has 0 saturated heterocycles. The zero-order chi connectivity index (χ0) is 20.2. The maximum absolute atomic E-state index is 6.16. The van der Waals surface area contributed by atoms with Crippen molar-refractivity contribution in [3.8, 4) is 17.1 Å². The van der Waals surface area contributed by atoms with Gasteiger partial charge in [0.1, 0.15) is 0 Å². The van der Waals surface area contributed by atoms with Gasteiger partial charge in [-0.1, -0.05) is 60.1 Å². The van der Waals surface area contributed by atoms with Crippen LogP contribution < -0.4 is 0 Å². The molecular formula is C22H18Cl2N4S. The Morgan fingerprint density at radius 1 is 0.862 bits per heavy atom.